The highest BCUT2D eigenvalue weighted by Crippen LogP contribution is 2.32. The molecule has 5 heteroatoms. The molecule has 0 aliphatic carbocycles. The zero-order valence-electron chi connectivity index (χ0n) is 12.4. The van der Waals surface area contributed by atoms with Crippen molar-refractivity contribution in [1.29, 1.82) is 0 Å². The number of benzene rings is 1. The van der Waals surface area contributed by atoms with E-state index in [0.717, 1.165) is 17.1 Å². The van der Waals surface area contributed by atoms with E-state index in [0.29, 0.717) is 6.54 Å². The first-order chi connectivity index (χ1) is 9.33. The Labute approximate surface area is 119 Å². The van der Waals surface area contributed by atoms with Crippen LogP contribution in [0.15, 0.2) is 18.2 Å². The predicted octanol–water partition coefficient (Wildman–Crippen LogP) is 2.19. The standard InChI is InChI=1S/C15H21NO4/c1-15(2,3)20-14(17)9-16(4)8-11-5-6-12-13(7-11)19-10-18-12/h5-7H,8-10H2,1-4H3. The van der Waals surface area contributed by atoms with Crippen molar-refractivity contribution in [3.05, 3.63) is 23.8 Å². The number of hydrogen-bond donors (Lipinski definition) is 0. The van der Waals surface area contributed by atoms with Gasteiger partial charge in [-0.1, -0.05) is 6.07 Å². The van der Waals surface area contributed by atoms with Crippen molar-refractivity contribution in [3.63, 3.8) is 0 Å². The third kappa shape index (κ3) is 4.13. The van der Waals surface area contributed by atoms with Gasteiger partial charge in [-0.25, -0.2) is 0 Å². The van der Waals surface area contributed by atoms with Crippen molar-refractivity contribution in [2.24, 2.45) is 0 Å². The maximum absolute atomic E-state index is 11.7. The van der Waals surface area contributed by atoms with Crippen molar-refractivity contribution >= 4 is 5.97 Å². The zero-order valence-corrected chi connectivity index (χ0v) is 12.4. The van der Waals surface area contributed by atoms with Crippen LogP contribution in [0.4, 0.5) is 0 Å². The van der Waals surface area contributed by atoms with Crippen LogP contribution in [0.5, 0.6) is 11.5 Å². The van der Waals surface area contributed by atoms with Crippen LogP contribution in [0.25, 0.3) is 0 Å². The molecule has 0 fully saturated rings. The number of rotatable bonds is 4. The van der Waals surface area contributed by atoms with Gasteiger partial charge in [0.15, 0.2) is 11.5 Å². The van der Waals surface area contributed by atoms with Gasteiger partial charge in [-0.3, -0.25) is 9.69 Å². The summed E-state index contributed by atoms with van der Waals surface area (Å²) < 4.78 is 15.9. The maximum Gasteiger partial charge on any atom is 0.320 e. The summed E-state index contributed by atoms with van der Waals surface area (Å²) in [6.45, 7) is 6.77. The molecular weight excluding hydrogens is 258 g/mol. The Hall–Kier alpha value is -1.75. The molecule has 0 saturated heterocycles. The minimum Gasteiger partial charge on any atom is -0.459 e. The van der Waals surface area contributed by atoms with Crippen LogP contribution in [0.2, 0.25) is 0 Å². The highest BCUT2D eigenvalue weighted by molar-refractivity contribution is 5.72. The topological polar surface area (TPSA) is 48.0 Å². The van der Waals surface area contributed by atoms with Crippen molar-refractivity contribution < 1.29 is 19.0 Å². The van der Waals surface area contributed by atoms with E-state index < -0.39 is 5.60 Å². The average molecular weight is 279 g/mol. The minimum atomic E-state index is -0.448. The Balaban J connectivity index is 1.88. The Morgan fingerprint density at radius 3 is 2.70 bits per heavy atom. The molecule has 0 N–H and O–H groups in total. The molecule has 0 atom stereocenters. The average Bonchev–Trinajstić information content (AvgIpc) is 2.72. The largest absolute Gasteiger partial charge is 0.459 e. The van der Waals surface area contributed by atoms with Crippen LogP contribution in [-0.4, -0.2) is 36.9 Å². The summed E-state index contributed by atoms with van der Waals surface area (Å²) in [7, 11) is 1.88. The molecule has 0 radical (unpaired) electrons. The smallest absolute Gasteiger partial charge is 0.320 e. The summed E-state index contributed by atoms with van der Waals surface area (Å²) in [5, 5.41) is 0. The van der Waals surface area contributed by atoms with Crippen LogP contribution >= 0.6 is 0 Å². The van der Waals surface area contributed by atoms with Gasteiger partial charge in [-0.05, 0) is 45.5 Å². The molecule has 0 bridgehead atoms. The molecule has 0 spiro atoms. The van der Waals surface area contributed by atoms with Gasteiger partial charge >= 0.3 is 5.97 Å². The van der Waals surface area contributed by atoms with E-state index in [1.807, 2.05) is 50.9 Å². The van der Waals surface area contributed by atoms with Gasteiger partial charge in [0.1, 0.15) is 5.60 Å². The minimum absolute atomic E-state index is 0.222. The molecule has 110 valence electrons. The van der Waals surface area contributed by atoms with E-state index in [-0.39, 0.29) is 19.3 Å². The van der Waals surface area contributed by atoms with E-state index in [9.17, 15) is 4.79 Å². The lowest BCUT2D eigenvalue weighted by atomic mass is 10.2. The van der Waals surface area contributed by atoms with E-state index in [2.05, 4.69) is 0 Å². The lowest BCUT2D eigenvalue weighted by Gasteiger charge is -2.22. The Morgan fingerprint density at radius 1 is 1.30 bits per heavy atom. The Kier molecular flexibility index (Phi) is 4.18. The Bertz CT molecular complexity index is 493. The maximum atomic E-state index is 11.7. The number of carbonyl (C=O) groups is 1. The number of hydrogen-bond acceptors (Lipinski definition) is 5. The van der Waals surface area contributed by atoms with Crippen molar-refractivity contribution in [1.82, 2.24) is 4.90 Å². The monoisotopic (exact) mass is 279 g/mol. The van der Waals surface area contributed by atoms with Gasteiger partial charge in [-0.15, -0.1) is 0 Å². The predicted molar refractivity (Wildman–Crippen MR) is 74.7 cm³/mol. The molecule has 1 aliphatic heterocycles. The number of esters is 1. The van der Waals surface area contributed by atoms with E-state index in [1.54, 1.807) is 0 Å². The summed E-state index contributed by atoms with van der Waals surface area (Å²) in [5.74, 6) is 1.30. The van der Waals surface area contributed by atoms with Gasteiger partial charge in [0, 0.05) is 6.54 Å². The first-order valence-corrected chi connectivity index (χ1v) is 6.62. The number of ether oxygens (including phenoxy) is 3. The molecule has 2 rings (SSSR count). The quantitative estimate of drug-likeness (QED) is 0.791. The van der Waals surface area contributed by atoms with Gasteiger partial charge < -0.3 is 14.2 Å². The van der Waals surface area contributed by atoms with Gasteiger partial charge in [0.2, 0.25) is 6.79 Å². The summed E-state index contributed by atoms with van der Waals surface area (Å²) in [6, 6.07) is 5.80. The molecule has 1 heterocycles. The highest BCUT2D eigenvalue weighted by Gasteiger charge is 2.18. The molecule has 1 aromatic rings. The van der Waals surface area contributed by atoms with Crippen molar-refractivity contribution in [2.45, 2.75) is 32.9 Å². The summed E-state index contributed by atoms with van der Waals surface area (Å²) in [4.78, 5) is 13.6. The first-order valence-electron chi connectivity index (χ1n) is 6.62. The fourth-order valence-corrected chi connectivity index (χ4v) is 2.00. The molecule has 0 unspecified atom stereocenters. The molecule has 20 heavy (non-hydrogen) atoms. The van der Waals surface area contributed by atoms with Gasteiger partial charge in [-0.2, -0.15) is 0 Å². The lowest BCUT2D eigenvalue weighted by Crippen LogP contribution is -2.32. The third-order valence-electron chi connectivity index (χ3n) is 2.71. The summed E-state index contributed by atoms with van der Waals surface area (Å²) in [6.07, 6.45) is 0. The fourth-order valence-electron chi connectivity index (χ4n) is 2.00. The van der Waals surface area contributed by atoms with Crippen LogP contribution < -0.4 is 9.47 Å². The van der Waals surface area contributed by atoms with Crippen LogP contribution in [0, 0.1) is 0 Å². The van der Waals surface area contributed by atoms with Crippen molar-refractivity contribution in [3.8, 4) is 11.5 Å². The van der Waals surface area contributed by atoms with E-state index in [4.69, 9.17) is 14.2 Å². The van der Waals surface area contributed by atoms with Gasteiger partial charge in [0.05, 0.1) is 6.54 Å². The second-order valence-corrected chi connectivity index (χ2v) is 5.95. The second-order valence-electron chi connectivity index (χ2n) is 5.95. The Morgan fingerprint density at radius 2 is 2.00 bits per heavy atom. The SMILES string of the molecule is CN(CC(=O)OC(C)(C)C)Cc1ccc2c(c1)OCO2. The molecule has 0 amide bonds. The molecule has 5 nitrogen and oxygen atoms in total. The summed E-state index contributed by atoms with van der Waals surface area (Å²) >= 11 is 0. The number of fused-ring (bicyclic) bond motifs is 1. The first kappa shape index (κ1) is 14.7. The number of carbonyl (C=O) groups excluding carboxylic acids is 1. The van der Waals surface area contributed by atoms with Crippen LogP contribution in [0.3, 0.4) is 0 Å². The lowest BCUT2D eigenvalue weighted by molar-refractivity contribution is -0.155. The zero-order chi connectivity index (χ0) is 14.8. The molecule has 0 saturated carbocycles. The van der Waals surface area contributed by atoms with Crippen molar-refractivity contribution in [2.75, 3.05) is 20.4 Å². The third-order valence-corrected chi connectivity index (χ3v) is 2.71. The van der Waals surface area contributed by atoms with Crippen LogP contribution in [0.1, 0.15) is 26.3 Å². The normalized spacial score (nSPS) is 13.7. The molecule has 1 aliphatic rings. The highest BCUT2D eigenvalue weighted by atomic mass is 16.7. The van der Waals surface area contributed by atoms with Crippen LogP contribution in [-0.2, 0) is 16.1 Å². The van der Waals surface area contributed by atoms with E-state index in [1.165, 1.54) is 0 Å². The fraction of sp³-hybridized carbons (Fsp3) is 0.533. The molecule has 0 aromatic heterocycles. The number of likely N-dealkylation sites (N-methyl/N-ethyl adjacent to an activating group) is 1. The van der Waals surface area contributed by atoms with E-state index >= 15 is 0 Å². The molecule has 1 aromatic carbocycles. The van der Waals surface area contributed by atoms with Gasteiger partial charge in [0.25, 0.3) is 0 Å². The second kappa shape index (κ2) is 5.71. The number of nitrogens with zero attached hydrogens (tertiary/aromatic N) is 1. The molecular formula is C15H21NO4. The summed E-state index contributed by atoms with van der Waals surface area (Å²) in [5.41, 5.74) is 0.622.